The fraction of sp³-hybridized carbons (Fsp3) is 0.917. The molecule has 2 aliphatic rings. The van der Waals surface area contributed by atoms with Crippen LogP contribution in [-0.2, 0) is 9.47 Å². The number of nitrogens with two attached hydrogens (primary N) is 1. The average Bonchev–Trinajstić information content (AvgIpc) is 2.52. The minimum atomic E-state index is -0.622. The maximum absolute atomic E-state index is 12.1. The molecule has 3 N–H and O–H groups in total. The molecule has 2 fully saturated rings. The minimum Gasteiger partial charge on any atom is -0.444 e. The molecule has 6 heteroatoms. The van der Waals surface area contributed by atoms with Crippen molar-refractivity contribution in [2.24, 2.45) is 5.73 Å². The minimum absolute atomic E-state index is 0.182. The molecule has 1 saturated heterocycles. The zero-order valence-electron chi connectivity index (χ0n) is 11.1. The Labute approximate surface area is 107 Å². The molecule has 18 heavy (non-hydrogen) atoms. The number of ether oxygens (including phenoxy) is 2. The van der Waals surface area contributed by atoms with Crippen LogP contribution in [0.3, 0.4) is 0 Å². The maximum Gasteiger partial charge on any atom is 0.410 e. The van der Waals surface area contributed by atoms with Crippen LogP contribution in [0.15, 0.2) is 0 Å². The van der Waals surface area contributed by atoms with Gasteiger partial charge in [-0.3, -0.25) is 0 Å². The SMILES string of the molecule is CC(C)(C)OC(=O)N1CCOC2C(N)C(O)CC21. The molecule has 1 saturated carbocycles. The number of carbonyl (C=O) groups excluding carboxylic acids is 1. The van der Waals surface area contributed by atoms with E-state index in [0.29, 0.717) is 19.6 Å². The van der Waals surface area contributed by atoms with Gasteiger partial charge >= 0.3 is 6.09 Å². The molecule has 0 radical (unpaired) electrons. The van der Waals surface area contributed by atoms with Crippen LogP contribution in [0.25, 0.3) is 0 Å². The average molecular weight is 258 g/mol. The molecule has 0 aromatic heterocycles. The first-order chi connectivity index (χ1) is 8.29. The molecule has 4 atom stereocenters. The largest absolute Gasteiger partial charge is 0.444 e. The van der Waals surface area contributed by atoms with Crippen molar-refractivity contribution >= 4 is 6.09 Å². The number of amides is 1. The highest BCUT2D eigenvalue weighted by Crippen LogP contribution is 2.30. The molecule has 0 bridgehead atoms. The molecule has 104 valence electrons. The third kappa shape index (κ3) is 2.60. The Morgan fingerprint density at radius 3 is 2.78 bits per heavy atom. The summed E-state index contributed by atoms with van der Waals surface area (Å²) in [7, 11) is 0. The lowest BCUT2D eigenvalue weighted by Gasteiger charge is -2.38. The predicted molar refractivity (Wildman–Crippen MR) is 65.1 cm³/mol. The summed E-state index contributed by atoms with van der Waals surface area (Å²) in [6.07, 6.45) is -0.822. The van der Waals surface area contributed by atoms with E-state index in [4.69, 9.17) is 15.2 Å². The van der Waals surface area contributed by atoms with Crippen LogP contribution >= 0.6 is 0 Å². The van der Waals surface area contributed by atoms with Gasteiger partial charge in [-0.1, -0.05) is 0 Å². The second kappa shape index (κ2) is 4.68. The first kappa shape index (κ1) is 13.6. The van der Waals surface area contributed by atoms with Crippen molar-refractivity contribution in [1.82, 2.24) is 4.90 Å². The van der Waals surface area contributed by atoms with E-state index in [1.165, 1.54) is 0 Å². The van der Waals surface area contributed by atoms with Gasteiger partial charge in [0.2, 0.25) is 0 Å². The fourth-order valence-electron chi connectivity index (χ4n) is 2.54. The highest BCUT2D eigenvalue weighted by atomic mass is 16.6. The Hall–Kier alpha value is -0.850. The first-order valence-electron chi connectivity index (χ1n) is 6.34. The standard InChI is InChI=1S/C12H22N2O4/c1-12(2,3)18-11(16)14-4-5-17-10-7(14)6-8(15)9(10)13/h7-10,15H,4-6,13H2,1-3H3. The first-order valence-corrected chi connectivity index (χ1v) is 6.34. The maximum atomic E-state index is 12.1. The van der Waals surface area contributed by atoms with Gasteiger partial charge in [-0.05, 0) is 27.2 Å². The van der Waals surface area contributed by atoms with Crippen molar-refractivity contribution in [3.63, 3.8) is 0 Å². The van der Waals surface area contributed by atoms with Gasteiger partial charge in [-0.2, -0.15) is 0 Å². The van der Waals surface area contributed by atoms with E-state index in [2.05, 4.69) is 0 Å². The lowest BCUT2D eigenvalue weighted by atomic mass is 10.1. The zero-order chi connectivity index (χ0) is 13.5. The number of aliphatic hydroxyl groups excluding tert-OH is 1. The number of nitrogens with zero attached hydrogens (tertiary/aromatic N) is 1. The molecule has 2 rings (SSSR count). The fourth-order valence-corrected chi connectivity index (χ4v) is 2.54. The Bertz CT molecular complexity index is 329. The number of hydrogen-bond donors (Lipinski definition) is 2. The smallest absolute Gasteiger partial charge is 0.410 e. The van der Waals surface area contributed by atoms with Gasteiger partial charge < -0.3 is 25.2 Å². The topological polar surface area (TPSA) is 85.0 Å². The van der Waals surface area contributed by atoms with Crippen LogP contribution in [0.2, 0.25) is 0 Å². The van der Waals surface area contributed by atoms with Crippen molar-refractivity contribution in [1.29, 1.82) is 0 Å². The van der Waals surface area contributed by atoms with Gasteiger partial charge in [0.25, 0.3) is 0 Å². The van der Waals surface area contributed by atoms with Gasteiger partial charge in [0.05, 0.1) is 30.9 Å². The van der Waals surface area contributed by atoms with E-state index in [1.807, 2.05) is 20.8 Å². The van der Waals surface area contributed by atoms with Crippen LogP contribution in [0, 0.1) is 0 Å². The molecule has 6 nitrogen and oxygen atoms in total. The Morgan fingerprint density at radius 2 is 2.17 bits per heavy atom. The highest BCUT2D eigenvalue weighted by molar-refractivity contribution is 5.69. The van der Waals surface area contributed by atoms with Crippen LogP contribution in [0.4, 0.5) is 4.79 Å². The molecule has 1 aliphatic heterocycles. The lowest BCUT2D eigenvalue weighted by molar-refractivity contribution is -0.0684. The van der Waals surface area contributed by atoms with Gasteiger partial charge in [-0.15, -0.1) is 0 Å². The Morgan fingerprint density at radius 1 is 1.50 bits per heavy atom. The van der Waals surface area contributed by atoms with Crippen LogP contribution < -0.4 is 5.73 Å². The van der Waals surface area contributed by atoms with E-state index < -0.39 is 17.7 Å². The zero-order valence-corrected chi connectivity index (χ0v) is 11.1. The quantitative estimate of drug-likeness (QED) is 0.643. The summed E-state index contributed by atoms with van der Waals surface area (Å²) in [4.78, 5) is 13.7. The second-order valence-electron chi connectivity index (χ2n) is 5.96. The monoisotopic (exact) mass is 258 g/mol. The normalized spacial score (nSPS) is 36.4. The molecule has 4 unspecified atom stereocenters. The molecular weight excluding hydrogens is 236 g/mol. The van der Waals surface area contributed by atoms with Gasteiger partial charge in [0.1, 0.15) is 5.60 Å². The third-order valence-corrected chi connectivity index (χ3v) is 3.36. The van der Waals surface area contributed by atoms with E-state index in [1.54, 1.807) is 4.90 Å². The Balaban J connectivity index is 2.07. The van der Waals surface area contributed by atoms with Crippen LogP contribution in [0.5, 0.6) is 0 Å². The van der Waals surface area contributed by atoms with E-state index in [9.17, 15) is 9.90 Å². The molecule has 0 aromatic rings. The van der Waals surface area contributed by atoms with Crippen LogP contribution in [-0.4, -0.2) is 59.1 Å². The van der Waals surface area contributed by atoms with Gasteiger partial charge in [0.15, 0.2) is 0 Å². The molecule has 1 heterocycles. The van der Waals surface area contributed by atoms with Gasteiger partial charge in [-0.25, -0.2) is 4.79 Å². The number of hydrogen-bond acceptors (Lipinski definition) is 5. The summed E-state index contributed by atoms with van der Waals surface area (Å²) >= 11 is 0. The van der Waals surface area contributed by atoms with Crippen molar-refractivity contribution in [3.05, 3.63) is 0 Å². The van der Waals surface area contributed by atoms with Crippen molar-refractivity contribution < 1.29 is 19.4 Å². The summed E-state index contributed by atoms with van der Waals surface area (Å²) in [5.41, 5.74) is 5.35. The lowest BCUT2D eigenvalue weighted by Crippen LogP contribution is -2.56. The molecular formula is C12H22N2O4. The number of fused-ring (bicyclic) bond motifs is 1. The Kier molecular flexibility index (Phi) is 3.53. The number of carbonyl (C=O) groups is 1. The van der Waals surface area contributed by atoms with Crippen LogP contribution in [0.1, 0.15) is 27.2 Å². The van der Waals surface area contributed by atoms with Crippen molar-refractivity contribution in [2.75, 3.05) is 13.2 Å². The summed E-state index contributed by atoms with van der Waals surface area (Å²) < 4.78 is 10.9. The summed E-state index contributed by atoms with van der Waals surface area (Å²) in [5.74, 6) is 0. The van der Waals surface area contributed by atoms with Gasteiger partial charge in [0, 0.05) is 6.54 Å². The summed E-state index contributed by atoms with van der Waals surface area (Å²) in [6.45, 7) is 6.41. The summed E-state index contributed by atoms with van der Waals surface area (Å²) in [5, 5.41) is 9.78. The van der Waals surface area contributed by atoms with Crippen molar-refractivity contribution in [3.8, 4) is 0 Å². The molecule has 1 aliphatic carbocycles. The second-order valence-corrected chi connectivity index (χ2v) is 5.96. The van der Waals surface area contributed by atoms with E-state index in [-0.39, 0.29) is 18.2 Å². The molecule has 1 amide bonds. The number of rotatable bonds is 0. The predicted octanol–water partition coefficient (Wildman–Crippen LogP) is 0.0828. The molecule has 0 aromatic carbocycles. The van der Waals surface area contributed by atoms with E-state index in [0.717, 1.165) is 0 Å². The molecule has 0 spiro atoms. The number of morpholine rings is 1. The third-order valence-electron chi connectivity index (χ3n) is 3.36. The summed E-state index contributed by atoms with van der Waals surface area (Å²) in [6, 6.07) is -0.612. The highest BCUT2D eigenvalue weighted by Gasteiger charge is 2.48. The van der Waals surface area contributed by atoms with Crippen molar-refractivity contribution in [2.45, 2.75) is 57.1 Å². The van der Waals surface area contributed by atoms with E-state index >= 15 is 0 Å². The number of aliphatic hydroxyl groups is 1.